The van der Waals surface area contributed by atoms with Crippen LogP contribution < -0.4 is 25.4 Å². The number of benzene rings is 1. The number of aromatic nitrogens is 2. The van der Waals surface area contributed by atoms with Crippen molar-refractivity contribution in [2.24, 2.45) is 0 Å². The van der Waals surface area contributed by atoms with Crippen molar-refractivity contribution in [3.05, 3.63) is 12.1 Å². The minimum Gasteiger partial charge on any atom is -0.493 e. The molecule has 2 aromatic rings. The third kappa shape index (κ3) is 7.37. The highest BCUT2D eigenvalue weighted by molar-refractivity contribution is 5.92. The monoisotopic (exact) mass is 512 g/mol. The third-order valence-corrected chi connectivity index (χ3v) is 7.69. The molecular formula is C28H44N6O3. The predicted molar refractivity (Wildman–Crippen MR) is 149 cm³/mol. The molecule has 37 heavy (non-hydrogen) atoms. The van der Waals surface area contributed by atoms with Crippen molar-refractivity contribution in [3.8, 4) is 11.5 Å². The van der Waals surface area contributed by atoms with E-state index in [1.54, 1.807) is 14.2 Å². The first kappa shape index (κ1) is 27.2. The number of fused-ring (bicyclic) bond motifs is 1. The molecule has 1 aromatic carbocycles. The highest BCUT2D eigenvalue weighted by atomic mass is 16.5. The Bertz CT molecular complexity index is 1020. The molecule has 0 bridgehead atoms. The van der Waals surface area contributed by atoms with Gasteiger partial charge in [-0.15, -0.1) is 0 Å². The topological polar surface area (TPSA) is 101 Å². The van der Waals surface area contributed by atoms with Gasteiger partial charge in [0.15, 0.2) is 11.5 Å². The van der Waals surface area contributed by atoms with Gasteiger partial charge in [0.05, 0.1) is 19.7 Å². The fourth-order valence-electron chi connectivity index (χ4n) is 5.51. The van der Waals surface area contributed by atoms with Crippen molar-refractivity contribution < 1.29 is 14.3 Å². The Morgan fingerprint density at radius 3 is 2.35 bits per heavy atom. The molecule has 0 spiro atoms. The molecule has 0 unspecified atom stereocenters. The van der Waals surface area contributed by atoms with Crippen molar-refractivity contribution in [3.63, 3.8) is 0 Å². The number of hydrogen-bond donors (Lipinski definition) is 3. The molecule has 0 atom stereocenters. The summed E-state index contributed by atoms with van der Waals surface area (Å²) in [5, 5.41) is 10.9. The van der Waals surface area contributed by atoms with Gasteiger partial charge in [-0.1, -0.05) is 32.6 Å². The second-order valence-electron chi connectivity index (χ2n) is 10.2. The minimum absolute atomic E-state index is 0.0690. The van der Waals surface area contributed by atoms with Gasteiger partial charge in [-0.3, -0.25) is 4.79 Å². The van der Waals surface area contributed by atoms with E-state index in [2.05, 4.69) is 20.9 Å². The van der Waals surface area contributed by atoms with Crippen LogP contribution in [0.15, 0.2) is 12.1 Å². The zero-order valence-electron chi connectivity index (χ0n) is 22.8. The van der Waals surface area contributed by atoms with Crippen LogP contribution in [0.3, 0.4) is 0 Å². The highest BCUT2D eigenvalue weighted by Gasteiger charge is 2.26. The Labute approximate surface area is 221 Å². The van der Waals surface area contributed by atoms with Gasteiger partial charge >= 0.3 is 0 Å². The van der Waals surface area contributed by atoms with Gasteiger partial charge in [0.25, 0.3) is 0 Å². The van der Waals surface area contributed by atoms with Crippen molar-refractivity contribution in [1.82, 2.24) is 20.2 Å². The van der Waals surface area contributed by atoms with E-state index < -0.39 is 0 Å². The van der Waals surface area contributed by atoms with Gasteiger partial charge in [-0.05, 0) is 38.2 Å². The van der Waals surface area contributed by atoms with Gasteiger partial charge in [-0.25, -0.2) is 4.98 Å². The first-order valence-corrected chi connectivity index (χ1v) is 14.1. The number of carbonyl (C=O) groups excluding carboxylic acids is 1. The van der Waals surface area contributed by atoms with Crippen LogP contribution in [0, 0.1) is 0 Å². The third-order valence-electron chi connectivity index (χ3n) is 7.69. The van der Waals surface area contributed by atoms with Crippen molar-refractivity contribution >= 4 is 28.6 Å². The lowest BCUT2D eigenvalue weighted by Gasteiger charge is -2.37. The van der Waals surface area contributed by atoms with Crippen molar-refractivity contribution in [1.29, 1.82) is 0 Å². The quantitative estimate of drug-likeness (QED) is 0.297. The molecule has 9 heteroatoms. The van der Waals surface area contributed by atoms with Crippen LogP contribution in [0.25, 0.3) is 10.9 Å². The number of methoxy groups -OCH3 is 2. The van der Waals surface area contributed by atoms with E-state index in [4.69, 9.17) is 19.4 Å². The molecule has 1 saturated carbocycles. The number of amides is 1. The molecule has 0 radical (unpaired) electrons. The SMILES string of the molecule is CCC(=O)NCCCNc1nc(NC2CCN(C3CCCCCC3)CC2)c2cc(OC)c(OC)cc2n1. The summed E-state index contributed by atoms with van der Waals surface area (Å²) in [5.41, 5.74) is 0.799. The molecule has 1 amide bonds. The van der Waals surface area contributed by atoms with E-state index in [9.17, 15) is 4.79 Å². The molecule has 4 rings (SSSR count). The second-order valence-corrected chi connectivity index (χ2v) is 10.2. The molecule has 2 heterocycles. The van der Waals surface area contributed by atoms with E-state index in [0.717, 1.165) is 55.1 Å². The Kier molecular flexibility index (Phi) is 10.0. The zero-order valence-corrected chi connectivity index (χ0v) is 22.8. The maximum Gasteiger partial charge on any atom is 0.225 e. The largest absolute Gasteiger partial charge is 0.493 e. The lowest BCUT2D eigenvalue weighted by molar-refractivity contribution is -0.120. The summed E-state index contributed by atoms with van der Waals surface area (Å²) in [6.45, 7) is 5.43. The summed E-state index contributed by atoms with van der Waals surface area (Å²) in [4.78, 5) is 23.8. The highest BCUT2D eigenvalue weighted by Crippen LogP contribution is 2.35. The number of hydrogen-bond acceptors (Lipinski definition) is 8. The number of anilines is 2. The number of likely N-dealkylation sites (tertiary alicyclic amines) is 1. The average molecular weight is 513 g/mol. The molecule has 1 aliphatic heterocycles. The lowest BCUT2D eigenvalue weighted by Crippen LogP contribution is -2.44. The first-order chi connectivity index (χ1) is 18.1. The zero-order chi connectivity index (χ0) is 26.0. The van der Waals surface area contributed by atoms with Crippen LogP contribution in [0.1, 0.15) is 71.1 Å². The molecule has 1 saturated heterocycles. The van der Waals surface area contributed by atoms with Crippen LogP contribution in [0.5, 0.6) is 11.5 Å². The average Bonchev–Trinajstić information content (AvgIpc) is 3.22. The first-order valence-electron chi connectivity index (χ1n) is 14.1. The fourth-order valence-corrected chi connectivity index (χ4v) is 5.51. The van der Waals surface area contributed by atoms with E-state index >= 15 is 0 Å². The number of rotatable bonds is 11. The molecule has 3 N–H and O–H groups in total. The van der Waals surface area contributed by atoms with Crippen molar-refractivity contribution in [2.45, 2.75) is 83.2 Å². The summed E-state index contributed by atoms with van der Waals surface area (Å²) in [7, 11) is 3.28. The number of piperidine rings is 1. The van der Waals surface area contributed by atoms with Crippen LogP contribution in [-0.2, 0) is 4.79 Å². The van der Waals surface area contributed by atoms with E-state index in [1.165, 1.54) is 38.5 Å². The van der Waals surface area contributed by atoms with Crippen LogP contribution in [-0.4, -0.2) is 73.3 Å². The normalized spacial score (nSPS) is 17.8. The Morgan fingerprint density at radius 2 is 1.68 bits per heavy atom. The van der Waals surface area contributed by atoms with Crippen LogP contribution in [0.4, 0.5) is 11.8 Å². The fraction of sp³-hybridized carbons (Fsp3) is 0.679. The van der Waals surface area contributed by atoms with Crippen LogP contribution >= 0.6 is 0 Å². The standard InChI is InChI=1S/C28H44N6O3/c1-4-26(35)29-14-9-15-30-28-32-23-19-25(37-3)24(36-2)18-22(23)27(33-28)31-20-12-16-34(17-13-20)21-10-7-5-6-8-11-21/h18-21H,4-17H2,1-3H3,(H,29,35)(H2,30,31,32,33). The summed E-state index contributed by atoms with van der Waals surface area (Å²) < 4.78 is 11.1. The number of ether oxygens (including phenoxy) is 2. The predicted octanol–water partition coefficient (Wildman–Crippen LogP) is 4.57. The molecule has 2 aliphatic rings. The van der Waals surface area contributed by atoms with Gasteiger partial charge < -0.3 is 30.3 Å². The molecule has 1 aromatic heterocycles. The lowest BCUT2D eigenvalue weighted by atomic mass is 9.99. The van der Waals surface area contributed by atoms with E-state index in [1.807, 2.05) is 19.1 Å². The summed E-state index contributed by atoms with van der Waals surface area (Å²) >= 11 is 0. The van der Waals surface area contributed by atoms with Gasteiger partial charge in [0.1, 0.15) is 5.82 Å². The number of carbonyl (C=O) groups is 1. The smallest absolute Gasteiger partial charge is 0.225 e. The molecule has 2 fully saturated rings. The molecule has 204 valence electrons. The van der Waals surface area contributed by atoms with Gasteiger partial charge in [0.2, 0.25) is 11.9 Å². The molecule has 1 aliphatic carbocycles. The summed E-state index contributed by atoms with van der Waals surface area (Å²) in [6.07, 6.45) is 11.8. The number of nitrogens with one attached hydrogen (secondary N) is 3. The van der Waals surface area contributed by atoms with Gasteiger partial charge in [0, 0.05) is 56.1 Å². The van der Waals surface area contributed by atoms with Crippen LogP contribution in [0.2, 0.25) is 0 Å². The Morgan fingerprint density at radius 1 is 0.973 bits per heavy atom. The summed E-state index contributed by atoms with van der Waals surface area (Å²) in [6, 6.07) is 4.99. The number of nitrogens with zero attached hydrogens (tertiary/aromatic N) is 3. The molecule has 9 nitrogen and oxygen atoms in total. The maximum atomic E-state index is 11.5. The molecular weight excluding hydrogens is 468 g/mol. The minimum atomic E-state index is 0.0690. The Hall–Kier alpha value is -2.81. The summed E-state index contributed by atoms with van der Waals surface area (Å²) in [5.74, 6) is 2.77. The van der Waals surface area contributed by atoms with Gasteiger partial charge in [-0.2, -0.15) is 4.98 Å². The Balaban J connectivity index is 1.46. The van der Waals surface area contributed by atoms with E-state index in [-0.39, 0.29) is 5.91 Å². The maximum absolute atomic E-state index is 11.5. The second kappa shape index (κ2) is 13.7. The van der Waals surface area contributed by atoms with Crippen molar-refractivity contribution in [2.75, 3.05) is 51.0 Å². The van der Waals surface area contributed by atoms with E-state index in [0.29, 0.717) is 43.0 Å².